The average molecular weight is 347 g/mol. The van der Waals surface area contributed by atoms with E-state index < -0.39 is 0 Å². The minimum Gasteiger partial charge on any atom is -1.00 e. The Morgan fingerprint density at radius 1 is 1.29 bits per heavy atom. The van der Waals surface area contributed by atoms with Crippen molar-refractivity contribution < 1.29 is 49.0 Å². The van der Waals surface area contributed by atoms with Crippen molar-refractivity contribution >= 4 is 3.21 Å². The molecule has 0 saturated heterocycles. The van der Waals surface area contributed by atoms with Crippen LogP contribution in [0.25, 0.3) is 0 Å². The molecule has 0 aromatic carbocycles. The molecule has 2 aliphatic rings. The van der Waals surface area contributed by atoms with E-state index in [1.807, 2.05) is 0 Å². The Bertz CT molecular complexity index is 370. The Kier molecular flexibility index (Phi) is 11.8. The summed E-state index contributed by atoms with van der Waals surface area (Å²) in [6.07, 6.45) is 14.2. The number of allylic oxidation sites excluding steroid dienone is 8. The third kappa shape index (κ3) is 7.34. The van der Waals surface area contributed by atoms with Gasteiger partial charge in [0.25, 0.3) is 0 Å². The molecular formula is C14H17Cl2Zr-. The van der Waals surface area contributed by atoms with Gasteiger partial charge in [0.05, 0.1) is 0 Å². The first-order valence-corrected chi connectivity index (χ1v) is 6.50. The molecular weight excluding hydrogens is 330 g/mol. The summed E-state index contributed by atoms with van der Waals surface area (Å²) in [7, 11) is 0. The van der Waals surface area contributed by atoms with Crippen LogP contribution in [0.1, 0.15) is 33.6 Å². The smallest absolute Gasteiger partial charge is 1.00 e. The topological polar surface area (TPSA) is 0 Å². The molecule has 2 rings (SSSR count). The summed E-state index contributed by atoms with van der Waals surface area (Å²) in [4.78, 5) is 0. The molecule has 0 nitrogen and oxygen atoms in total. The monoisotopic (exact) mass is 345 g/mol. The fourth-order valence-electron chi connectivity index (χ4n) is 1.57. The zero-order valence-corrected chi connectivity index (χ0v) is 14.4. The summed E-state index contributed by atoms with van der Waals surface area (Å²) < 4.78 is 1.51. The Balaban J connectivity index is 0. The predicted molar refractivity (Wildman–Crippen MR) is 63.3 cm³/mol. The largest absolute Gasteiger partial charge is 1.00 e. The van der Waals surface area contributed by atoms with Gasteiger partial charge < -0.3 is 24.8 Å². The molecule has 17 heavy (non-hydrogen) atoms. The fourth-order valence-corrected chi connectivity index (χ4v) is 1.57. The summed E-state index contributed by atoms with van der Waals surface area (Å²) in [5.41, 5.74) is 4.18. The van der Waals surface area contributed by atoms with Gasteiger partial charge in [-0.1, -0.05) is 25.2 Å². The van der Waals surface area contributed by atoms with Crippen LogP contribution in [0.5, 0.6) is 0 Å². The van der Waals surface area contributed by atoms with Crippen LogP contribution in [0.2, 0.25) is 0 Å². The minimum atomic E-state index is 0. The second kappa shape index (κ2) is 10.2. The van der Waals surface area contributed by atoms with E-state index >= 15 is 0 Å². The Morgan fingerprint density at radius 2 is 1.88 bits per heavy atom. The molecule has 0 fully saturated rings. The van der Waals surface area contributed by atoms with Gasteiger partial charge in [0, 0.05) is 0 Å². The molecule has 0 saturated carbocycles. The number of hydrogen-bond acceptors (Lipinski definition) is 0. The first kappa shape index (κ1) is 19.6. The van der Waals surface area contributed by atoms with Crippen LogP contribution >= 0.6 is 0 Å². The average Bonchev–Trinajstić information content (AvgIpc) is 2.71. The third-order valence-corrected chi connectivity index (χ3v) is 2.19. The standard InChI is InChI=1S/C11H11.C3H6.2ClH.Zr/c1-9-5-4-8-11(9)10-6-2-3-7-10;1-3-2;;;/h2-3,6,8H,4,7H2,1H3;1-2H3;2*1H;/q-1;;;;+2/p-2. The SMILES string of the molecule is CC1=[C-]CC=C1C1=CC=CC1.C[C](C)=[Zr+2].[Cl-].[Cl-]. The molecule has 3 heteroatoms. The van der Waals surface area contributed by atoms with E-state index in [1.54, 1.807) is 24.2 Å². The van der Waals surface area contributed by atoms with Crippen LogP contribution in [-0.4, -0.2) is 3.21 Å². The molecule has 0 aliphatic heterocycles. The number of halogens is 2. The number of rotatable bonds is 1. The Labute approximate surface area is 132 Å². The van der Waals surface area contributed by atoms with Gasteiger partial charge in [0.1, 0.15) is 0 Å². The summed E-state index contributed by atoms with van der Waals surface area (Å²) >= 11 is 1.55. The molecule has 0 aromatic heterocycles. The van der Waals surface area contributed by atoms with Crippen molar-refractivity contribution in [1.29, 1.82) is 0 Å². The van der Waals surface area contributed by atoms with Crippen molar-refractivity contribution in [3.63, 3.8) is 0 Å². The first-order valence-electron chi connectivity index (χ1n) is 5.27. The molecule has 2 aliphatic carbocycles. The van der Waals surface area contributed by atoms with Gasteiger partial charge in [-0.15, -0.1) is 12.0 Å². The van der Waals surface area contributed by atoms with Crippen molar-refractivity contribution in [3.05, 3.63) is 47.1 Å². The van der Waals surface area contributed by atoms with Gasteiger partial charge >= 0.3 is 41.3 Å². The molecule has 0 radical (unpaired) electrons. The minimum absolute atomic E-state index is 0. The summed E-state index contributed by atoms with van der Waals surface area (Å²) in [5, 5.41) is 0. The van der Waals surface area contributed by atoms with Crippen LogP contribution < -0.4 is 24.8 Å². The van der Waals surface area contributed by atoms with E-state index in [0.717, 1.165) is 12.8 Å². The van der Waals surface area contributed by atoms with E-state index in [4.69, 9.17) is 0 Å². The van der Waals surface area contributed by atoms with Gasteiger partial charge in [-0.25, -0.2) is 5.57 Å². The van der Waals surface area contributed by atoms with Crippen LogP contribution in [-0.2, 0) is 24.2 Å². The van der Waals surface area contributed by atoms with Gasteiger partial charge in [-0.3, -0.25) is 6.08 Å². The number of hydrogen-bond donors (Lipinski definition) is 0. The fraction of sp³-hybridized carbons (Fsp3) is 0.357. The van der Waals surface area contributed by atoms with E-state index in [2.05, 4.69) is 51.2 Å². The molecule has 0 unspecified atom stereocenters. The quantitative estimate of drug-likeness (QED) is 0.469. The summed E-state index contributed by atoms with van der Waals surface area (Å²) in [6, 6.07) is 0. The maximum Gasteiger partial charge on any atom is -1.00 e. The summed E-state index contributed by atoms with van der Waals surface area (Å²) in [6.45, 7) is 6.38. The molecule has 0 N–H and O–H groups in total. The van der Waals surface area contributed by atoms with Crippen molar-refractivity contribution in [2.24, 2.45) is 0 Å². The van der Waals surface area contributed by atoms with Crippen LogP contribution in [0.15, 0.2) is 41.0 Å². The Morgan fingerprint density at radius 3 is 2.24 bits per heavy atom. The third-order valence-electron chi connectivity index (χ3n) is 2.19. The normalized spacial score (nSPS) is 15.7. The van der Waals surface area contributed by atoms with Crippen molar-refractivity contribution in [1.82, 2.24) is 0 Å². The maximum absolute atomic E-state index is 3.30. The molecule has 0 amide bonds. The van der Waals surface area contributed by atoms with Gasteiger partial charge in [0.2, 0.25) is 0 Å². The Hall–Kier alpha value is 0.293. The van der Waals surface area contributed by atoms with E-state index in [1.165, 1.54) is 19.9 Å². The molecule has 0 bridgehead atoms. The van der Waals surface area contributed by atoms with Crippen molar-refractivity contribution in [3.8, 4) is 0 Å². The zero-order chi connectivity index (χ0) is 11.3. The zero-order valence-electron chi connectivity index (χ0n) is 10.5. The first-order chi connectivity index (χ1) is 7.11. The predicted octanol–water partition coefficient (Wildman–Crippen LogP) is -2.29. The molecule has 92 valence electrons. The summed E-state index contributed by atoms with van der Waals surface area (Å²) in [5.74, 6) is 0. The van der Waals surface area contributed by atoms with Crippen LogP contribution in [0, 0.1) is 6.08 Å². The molecule has 0 aromatic rings. The van der Waals surface area contributed by atoms with Gasteiger partial charge in [0.15, 0.2) is 0 Å². The second-order valence-corrected chi connectivity index (χ2v) is 6.41. The molecule has 0 spiro atoms. The van der Waals surface area contributed by atoms with Crippen LogP contribution in [0.3, 0.4) is 0 Å². The molecule has 0 heterocycles. The maximum atomic E-state index is 3.30. The molecule has 0 atom stereocenters. The van der Waals surface area contributed by atoms with E-state index in [9.17, 15) is 0 Å². The van der Waals surface area contributed by atoms with Crippen LogP contribution in [0.4, 0.5) is 0 Å². The second-order valence-electron chi connectivity index (χ2n) is 3.95. The van der Waals surface area contributed by atoms with Gasteiger partial charge in [-0.2, -0.15) is 11.6 Å². The van der Waals surface area contributed by atoms with E-state index in [-0.39, 0.29) is 24.8 Å². The van der Waals surface area contributed by atoms with Gasteiger partial charge in [-0.05, 0) is 6.42 Å². The van der Waals surface area contributed by atoms with Crippen molar-refractivity contribution in [2.75, 3.05) is 0 Å². The van der Waals surface area contributed by atoms with E-state index in [0.29, 0.717) is 0 Å². The van der Waals surface area contributed by atoms with Crippen molar-refractivity contribution in [2.45, 2.75) is 33.6 Å².